The fourth-order valence-electron chi connectivity index (χ4n) is 4.01. The smallest absolute Gasteiger partial charge is 0.225 e. The molecule has 3 rings (SSSR count). The molecule has 148 valence electrons. The van der Waals surface area contributed by atoms with Crippen molar-refractivity contribution >= 4 is 11.8 Å². The molecule has 0 heterocycles. The number of nitrogens with one attached hydrogen (secondary N) is 1. The van der Waals surface area contributed by atoms with Gasteiger partial charge in [-0.2, -0.15) is 0 Å². The molecule has 4 heteroatoms. The van der Waals surface area contributed by atoms with Gasteiger partial charge in [0.25, 0.3) is 0 Å². The number of nitrogens with zero attached hydrogens (tertiary/aromatic N) is 1. The molecule has 2 aromatic carbocycles. The predicted molar refractivity (Wildman–Crippen MR) is 111 cm³/mol. The molecule has 1 atom stereocenters. The van der Waals surface area contributed by atoms with E-state index in [2.05, 4.69) is 5.32 Å². The molecule has 0 bridgehead atoms. The van der Waals surface area contributed by atoms with E-state index in [1.807, 2.05) is 79.5 Å². The van der Waals surface area contributed by atoms with Gasteiger partial charge in [0.05, 0.1) is 6.04 Å². The molecule has 2 aromatic rings. The van der Waals surface area contributed by atoms with E-state index in [-0.39, 0.29) is 29.7 Å². The van der Waals surface area contributed by atoms with Crippen LogP contribution in [0.3, 0.4) is 0 Å². The zero-order valence-corrected chi connectivity index (χ0v) is 16.8. The highest BCUT2D eigenvalue weighted by Crippen LogP contribution is 2.31. The molecule has 0 spiro atoms. The molecule has 28 heavy (non-hydrogen) atoms. The lowest BCUT2D eigenvalue weighted by Gasteiger charge is -2.30. The topological polar surface area (TPSA) is 49.4 Å². The van der Waals surface area contributed by atoms with Gasteiger partial charge >= 0.3 is 0 Å². The van der Waals surface area contributed by atoms with Gasteiger partial charge in [-0.05, 0) is 43.7 Å². The number of hydrogen-bond donors (Lipinski definition) is 1. The molecule has 1 saturated carbocycles. The van der Waals surface area contributed by atoms with E-state index in [1.54, 1.807) is 0 Å². The van der Waals surface area contributed by atoms with Crippen molar-refractivity contribution in [1.82, 2.24) is 10.2 Å². The van der Waals surface area contributed by atoms with Gasteiger partial charge in [0.2, 0.25) is 11.8 Å². The van der Waals surface area contributed by atoms with Gasteiger partial charge in [0.15, 0.2) is 0 Å². The SMILES string of the molecule is CC(NC(=O)C1CCC(C(=O)N(C)Cc2ccccc2)CC1)c1ccccc1. The Morgan fingerprint density at radius 3 is 2.07 bits per heavy atom. The van der Waals surface area contributed by atoms with Gasteiger partial charge in [0, 0.05) is 25.4 Å². The Hall–Kier alpha value is -2.62. The molecule has 0 saturated heterocycles. The quantitative estimate of drug-likeness (QED) is 0.813. The first-order valence-electron chi connectivity index (χ1n) is 10.2. The summed E-state index contributed by atoms with van der Waals surface area (Å²) >= 11 is 0. The van der Waals surface area contributed by atoms with Crippen LogP contribution >= 0.6 is 0 Å². The second-order valence-electron chi connectivity index (χ2n) is 7.87. The second-order valence-corrected chi connectivity index (χ2v) is 7.87. The van der Waals surface area contributed by atoms with Crippen molar-refractivity contribution in [1.29, 1.82) is 0 Å². The number of benzene rings is 2. The number of rotatable bonds is 6. The van der Waals surface area contributed by atoms with Crippen LogP contribution < -0.4 is 5.32 Å². The number of amides is 2. The maximum absolute atomic E-state index is 12.8. The highest BCUT2D eigenvalue weighted by Gasteiger charge is 2.31. The van der Waals surface area contributed by atoms with Crippen LogP contribution in [-0.4, -0.2) is 23.8 Å². The molecule has 1 N–H and O–H groups in total. The van der Waals surface area contributed by atoms with Crippen LogP contribution in [0.5, 0.6) is 0 Å². The predicted octanol–water partition coefficient (Wildman–Crippen LogP) is 4.33. The van der Waals surface area contributed by atoms with E-state index in [4.69, 9.17) is 0 Å². The third-order valence-corrected chi connectivity index (χ3v) is 5.74. The third kappa shape index (κ3) is 5.22. The average molecular weight is 379 g/mol. The maximum Gasteiger partial charge on any atom is 0.225 e. The molecule has 1 aliphatic carbocycles. The van der Waals surface area contributed by atoms with E-state index >= 15 is 0 Å². The first-order chi connectivity index (χ1) is 13.5. The van der Waals surface area contributed by atoms with Crippen molar-refractivity contribution in [3.63, 3.8) is 0 Å². The lowest BCUT2D eigenvalue weighted by Crippen LogP contribution is -2.38. The van der Waals surface area contributed by atoms with E-state index in [0.29, 0.717) is 6.54 Å². The van der Waals surface area contributed by atoms with E-state index < -0.39 is 0 Å². The Morgan fingerprint density at radius 1 is 0.929 bits per heavy atom. The second kappa shape index (κ2) is 9.54. The molecule has 4 nitrogen and oxygen atoms in total. The molecule has 1 unspecified atom stereocenters. The van der Waals surface area contributed by atoms with Crippen molar-refractivity contribution < 1.29 is 9.59 Å². The van der Waals surface area contributed by atoms with Crippen LogP contribution in [0.4, 0.5) is 0 Å². The molecule has 2 amide bonds. The summed E-state index contributed by atoms with van der Waals surface area (Å²) in [5.41, 5.74) is 2.25. The number of hydrogen-bond acceptors (Lipinski definition) is 2. The zero-order valence-electron chi connectivity index (χ0n) is 16.8. The van der Waals surface area contributed by atoms with Gasteiger partial charge in [-0.3, -0.25) is 9.59 Å². The lowest BCUT2D eigenvalue weighted by molar-refractivity contribution is -0.137. The highest BCUT2D eigenvalue weighted by molar-refractivity contribution is 5.81. The monoisotopic (exact) mass is 378 g/mol. The van der Waals surface area contributed by atoms with Gasteiger partial charge < -0.3 is 10.2 Å². The van der Waals surface area contributed by atoms with Crippen LogP contribution in [-0.2, 0) is 16.1 Å². The van der Waals surface area contributed by atoms with Crippen LogP contribution in [0.2, 0.25) is 0 Å². The van der Waals surface area contributed by atoms with Crippen LogP contribution in [0.15, 0.2) is 60.7 Å². The fourth-order valence-corrected chi connectivity index (χ4v) is 4.01. The first kappa shape index (κ1) is 20.1. The summed E-state index contributed by atoms with van der Waals surface area (Å²) in [6.07, 6.45) is 3.14. The van der Waals surface area contributed by atoms with E-state index in [0.717, 1.165) is 36.8 Å². The Bertz CT molecular complexity index is 768. The fraction of sp³-hybridized carbons (Fsp3) is 0.417. The number of carbonyl (C=O) groups excluding carboxylic acids is 2. The zero-order chi connectivity index (χ0) is 19.9. The van der Waals surface area contributed by atoms with Crippen LogP contribution in [0.25, 0.3) is 0 Å². The molecule has 0 aromatic heterocycles. The normalized spacial score (nSPS) is 20.2. The van der Waals surface area contributed by atoms with Crippen LogP contribution in [0.1, 0.15) is 49.8 Å². The summed E-state index contributed by atoms with van der Waals surface area (Å²) in [5.74, 6) is 0.346. The van der Waals surface area contributed by atoms with E-state index in [9.17, 15) is 9.59 Å². The van der Waals surface area contributed by atoms with E-state index in [1.165, 1.54) is 0 Å². The lowest BCUT2D eigenvalue weighted by atomic mass is 9.80. The first-order valence-corrected chi connectivity index (χ1v) is 10.2. The summed E-state index contributed by atoms with van der Waals surface area (Å²) in [7, 11) is 1.87. The minimum atomic E-state index is 0.00469. The van der Waals surface area contributed by atoms with Crippen molar-refractivity contribution in [2.75, 3.05) is 7.05 Å². The summed E-state index contributed by atoms with van der Waals surface area (Å²) < 4.78 is 0. The van der Waals surface area contributed by atoms with Gasteiger partial charge in [-0.15, -0.1) is 0 Å². The minimum absolute atomic E-state index is 0.00469. The third-order valence-electron chi connectivity index (χ3n) is 5.74. The Morgan fingerprint density at radius 2 is 1.46 bits per heavy atom. The Kier molecular flexibility index (Phi) is 6.85. The van der Waals surface area contributed by atoms with Crippen LogP contribution in [0, 0.1) is 11.8 Å². The van der Waals surface area contributed by atoms with Gasteiger partial charge in [-0.1, -0.05) is 60.7 Å². The van der Waals surface area contributed by atoms with Crippen molar-refractivity contribution in [2.24, 2.45) is 11.8 Å². The molecular weight excluding hydrogens is 348 g/mol. The Balaban J connectivity index is 1.47. The van der Waals surface area contributed by atoms with Crippen molar-refractivity contribution in [3.8, 4) is 0 Å². The Labute approximate surface area is 167 Å². The number of carbonyl (C=O) groups is 2. The molecule has 1 fully saturated rings. The highest BCUT2D eigenvalue weighted by atomic mass is 16.2. The summed E-state index contributed by atoms with van der Waals surface area (Å²) in [4.78, 5) is 27.2. The summed E-state index contributed by atoms with van der Waals surface area (Å²) in [6.45, 7) is 2.65. The summed E-state index contributed by atoms with van der Waals surface area (Å²) in [5, 5.41) is 3.13. The average Bonchev–Trinajstić information content (AvgIpc) is 2.74. The molecule has 0 aliphatic heterocycles. The van der Waals surface area contributed by atoms with Crippen molar-refractivity contribution in [2.45, 2.75) is 45.2 Å². The minimum Gasteiger partial charge on any atom is -0.349 e. The maximum atomic E-state index is 12.8. The van der Waals surface area contributed by atoms with Gasteiger partial charge in [0.1, 0.15) is 0 Å². The molecular formula is C24H30N2O2. The van der Waals surface area contributed by atoms with Crippen molar-refractivity contribution in [3.05, 3.63) is 71.8 Å². The summed E-state index contributed by atoms with van der Waals surface area (Å²) in [6, 6.07) is 20.1. The van der Waals surface area contributed by atoms with Gasteiger partial charge in [-0.25, -0.2) is 0 Å². The standard InChI is InChI=1S/C24H30N2O2/c1-18(20-11-7-4-8-12-20)25-23(27)21-13-15-22(16-14-21)24(28)26(2)17-19-9-5-3-6-10-19/h3-12,18,21-22H,13-17H2,1-2H3,(H,25,27). The largest absolute Gasteiger partial charge is 0.349 e. The molecule has 0 radical (unpaired) electrons. The molecule has 1 aliphatic rings.